The van der Waals surface area contributed by atoms with Gasteiger partial charge in [0, 0.05) is 0 Å². The molecular formula is C6H7N5. The number of fused-ring (bicyclic) bond motifs is 1. The van der Waals surface area contributed by atoms with E-state index in [-0.39, 0.29) is 0 Å². The molecule has 1 aromatic heterocycles. The molecule has 1 aromatic rings. The Morgan fingerprint density at radius 1 is 1.55 bits per heavy atom. The van der Waals surface area contributed by atoms with E-state index in [9.17, 15) is 0 Å². The Kier molecular flexibility index (Phi) is 1.00. The van der Waals surface area contributed by atoms with E-state index < -0.39 is 0 Å². The molecule has 1 aliphatic rings. The van der Waals surface area contributed by atoms with Gasteiger partial charge in [0.05, 0.1) is 6.33 Å². The van der Waals surface area contributed by atoms with Gasteiger partial charge in [0.1, 0.15) is 17.0 Å². The zero-order valence-electron chi connectivity index (χ0n) is 5.76. The summed E-state index contributed by atoms with van der Waals surface area (Å²) in [5, 5.41) is 3.50. The first-order valence-electron chi connectivity index (χ1n) is 3.11. The highest BCUT2D eigenvalue weighted by Gasteiger charge is 2.03. The molecule has 0 spiro atoms. The van der Waals surface area contributed by atoms with Crippen LogP contribution in [0.3, 0.4) is 0 Å². The van der Waals surface area contributed by atoms with E-state index in [1.54, 1.807) is 6.33 Å². The van der Waals surface area contributed by atoms with Gasteiger partial charge in [0.2, 0.25) is 0 Å². The third kappa shape index (κ3) is 0.778. The molecule has 0 aromatic carbocycles. The summed E-state index contributed by atoms with van der Waals surface area (Å²) in [7, 11) is 0. The quantitative estimate of drug-likeness (QED) is 0.404. The molecule has 5 heteroatoms. The average Bonchev–Trinajstić information content (AvgIpc) is 2.34. The second kappa shape index (κ2) is 1.85. The van der Waals surface area contributed by atoms with Crippen LogP contribution in [0.4, 0.5) is 0 Å². The molecule has 0 bridgehead atoms. The molecule has 0 amide bonds. The molecule has 4 N–H and O–H groups in total. The first-order chi connectivity index (χ1) is 5.27. The molecule has 0 unspecified atom stereocenters. The van der Waals surface area contributed by atoms with Crippen molar-refractivity contribution in [1.82, 2.24) is 15.3 Å². The zero-order chi connectivity index (χ0) is 7.84. The van der Waals surface area contributed by atoms with Gasteiger partial charge < -0.3 is 16.0 Å². The van der Waals surface area contributed by atoms with Gasteiger partial charge in [0.25, 0.3) is 0 Å². The van der Waals surface area contributed by atoms with Crippen molar-refractivity contribution in [2.45, 2.75) is 0 Å². The van der Waals surface area contributed by atoms with Crippen molar-refractivity contribution in [2.75, 3.05) is 0 Å². The van der Waals surface area contributed by atoms with Gasteiger partial charge in [-0.15, -0.1) is 0 Å². The number of hydrogen-bond acceptors (Lipinski definition) is 4. The third-order valence-corrected chi connectivity index (χ3v) is 1.41. The Morgan fingerprint density at radius 3 is 3.18 bits per heavy atom. The van der Waals surface area contributed by atoms with Crippen LogP contribution in [0.5, 0.6) is 0 Å². The van der Waals surface area contributed by atoms with Crippen LogP contribution >= 0.6 is 0 Å². The lowest BCUT2D eigenvalue weighted by molar-refractivity contribution is 0.932. The third-order valence-electron chi connectivity index (χ3n) is 1.41. The van der Waals surface area contributed by atoms with Gasteiger partial charge in [-0.2, -0.15) is 0 Å². The van der Waals surface area contributed by atoms with Crippen molar-refractivity contribution in [3.05, 3.63) is 29.6 Å². The van der Waals surface area contributed by atoms with Crippen molar-refractivity contribution in [2.24, 2.45) is 10.7 Å². The molecular weight excluding hydrogens is 142 g/mol. The average molecular weight is 149 g/mol. The Bertz CT molecular complexity index is 412. The summed E-state index contributed by atoms with van der Waals surface area (Å²) in [6.07, 6.45) is 1.54. The topological polar surface area (TPSA) is 79.1 Å². The predicted molar refractivity (Wildman–Crippen MR) is 39.2 cm³/mol. The number of rotatable bonds is 0. The lowest BCUT2D eigenvalue weighted by Gasteiger charge is -2.06. The minimum Gasteiger partial charge on any atom is -0.383 e. The van der Waals surface area contributed by atoms with E-state index in [1.165, 1.54) is 0 Å². The van der Waals surface area contributed by atoms with Gasteiger partial charge in [-0.3, -0.25) is 0 Å². The Morgan fingerprint density at radius 2 is 2.36 bits per heavy atom. The van der Waals surface area contributed by atoms with Crippen LogP contribution in [0, 0.1) is 0 Å². The van der Waals surface area contributed by atoms with Crippen LogP contribution in [-0.4, -0.2) is 9.97 Å². The number of aromatic nitrogens is 2. The molecule has 5 nitrogen and oxygen atoms in total. The molecule has 0 saturated carbocycles. The molecule has 0 aliphatic carbocycles. The minimum absolute atomic E-state index is 0.512. The number of nitrogens with zero attached hydrogens (tertiary/aromatic N) is 2. The monoisotopic (exact) mass is 149 g/mol. The number of imidazole rings is 1. The van der Waals surface area contributed by atoms with Gasteiger partial charge in [0.15, 0.2) is 5.49 Å². The molecule has 0 fully saturated rings. The number of hydrogen-bond donors (Lipinski definition) is 3. The fraction of sp³-hybridized carbons (Fsp3) is 0. The van der Waals surface area contributed by atoms with Crippen LogP contribution in [-0.2, 0) is 0 Å². The first kappa shape index (κ1) is 5.96. The predicted octanol–water partition coefficient (Wildman–Crippen LogP) is -1.87. The molecule has 0 radical (unpaired) electrons. The largest absolute Gasteiger partial charge is 0.383 e. The summed E-state index contributed by atoms with van der Waals surface area (Å²) in [5.74, 6) is 1.03. The lowest BCUT2D eigenvalue weighted by Crippen LogP contribution is -2.40. The SMILES string of the molecule is C=C1N=c2nc[nH]c2=C(N)N1. The van der Waals surface area contributed by atoms with Crippen LogP contribution in [0.2, 0.25) is 0 Å². The maximum atomic E-state index is 5.59. The fourth-order valence-electron chi connectivity index (χ4n) is 0.944. The standard InChI is InChI=1S/C6H7N5/c1-3-10-5(7)4-6(11-3)9-2-8-4/h2,10H,1,7H2,(H,8,9,11). The van der Waals surface area contributed by atoms with Crippen molar-refractivity contribution >= 4 is 5.82 Å². The summed E-state index contributed by atoms with van der Waals surface area (Å²) in [6, 6.07) is 0. The van der Waals surface area contributed by atoms with E-state index >= 15 is 0 Å². The van der Waals surface area contributed by atoms with Crippen LogP contribution in [0.1, 0.15) is 0 Å². The normalized spacial score (nSPS) is 15.3. The molecule has 0 saturated heterocycles. The number of aromatic amines is 1. The van der Waals surface area contributed by atoms with E-state index in [0.717, 1.165) is 5.35 Å². The van der Waals surface area contributed by atoms with Gasteiger partial charge in [-0.05, 0) is 0 Å². The summed E-state index contributed by atoms with van der Waals surface area (Å²) in [6.45, 7) is 3.61. The van der Waals surface area contributed by atoms with Crippen molar-refractivity contribution < 1.29 is 0 Å². The van der Waals surface area contributed by atoms with E-state index in [2.05, 4.69) is 26.9 Å². The zero-order valence-corrected chi connectivity index (χ0v) is 5.76. The molecule has 56 valence electrons. The van der Waals surface area contributed by atoms with Gasteiger partial charge in [-0.1, -0.05) is 6.58 Å². The highest BCUT2D eigenvalue weighted by Crippen LogP contribution is 1.88. The van der Waals surface area contributed by atoms with Crippen LogP contribution in [0.15, 0.2) is 23.7 Å². The smallest absolute Gasteiger partial charge is 0.183 e. The Labute approximate surface area is 62.4 Å². The Hall–Kier alpha value is -1.78. The van der Waals surface area contributed by atoms with E-state index in [4.69, 9.17) is 5.73 Å². The number of nitrogens with one attached hydrogen (secondary N) is 2. The van der Waals surface area contributed by atoms with Crippen molar-refractivity contribution in [3.63, 3.8) is 0 Å². The fourth-order valence-corrected chi connectivity index (χ4v) is 0.944. The van der Waals surface area contributed by atoms with E-state index in [1.807, 2.05) is 0 Å². The van der Waals surface area contributed by atoms with Crippen molar-refractivity contribution in [1.29, 1.82) is 0 Å². The second-order valence-electron chi connectivity index (χ2n) is 2.20. The number of nitrogens with two attached hydrogens (primary N) is 1. The number of H-pyrrole nitrogens is 1. The molecule has 11 heavy (non-hydrogen) atoms. The van der Waals surface area contributed by atoms with Crippen LogP contribution in [0.25, 0.3) is 5.82 Å². The minimum atomic E-state index is 0.512. The highest BCUT2D eigenvalue weighted by atomic mass is 15.1. The molecule has 0 atom stereocenters. The molecule has 1 aliphatic heterocycles. The lowest BCUT2D eigenvalue weighted by atomic mass is 10.5. The summed E-state index contributed by atoms with van der Waals surface area (Å²) >= 11 is 0. The van der Waals surface area contributed by atoms with Crippen LogP contribution < -0.4 is 21.9 Å². The maximum absolute atomic E-state index is 5.59. The van der Waals surface area contributed by atoms with E-state index in [0.29, 0.717) is 17.1 Å². The summed E-state index contributed by atoms with van der Waals surface area (Å²) < 4.78 is 0. The molecule has 2 heterocycles. The second-order valence-corrected chi connectivity index (χ2v) is 2.20. The Balaban J connectivity index is 2.90. The van der Waals surface area contributed by atoms with Gasteiger partial charge >= 0.3 is 0 Å². The maximum Gasteiger partial charge on any atom is 0.183 e. The highest BCUT2D eigenvalue weighted by molar-refractivity contribution is 5.39. The molecule has 2 rings (SSSR count). The first-order valence-corrected chi connectivity index (χ1v) is 3.11. The summed E-state index contributed by atoms with van der Waals surface area (Å²) in [4.78, 5) is 10.8. The van der Waals surface area contributed by atoms with Crippen molar-refractivity contribution in [3.8, 4) is 0 Å². The summed E-state index contributed by atoms with van der Waals surface area (Å²) in [5.41, 5.74) is 6.18. The van der Waals surface area contributed by atoms with Gasteiger partial charge in [-0.25, -0.2) is 9.98 Å².